The molecule has 2 aromatic carbocycles. The van der Waals surface area contributed by atoms with Crippen LogP contribution in [0.15, 0.2) is 59.1 Å². The van der Waals surface area contributed by atoms with Crippen molar-refractivity contribution in [2.24, 2.45) is 0 Å². The fraction of sp³-hybridized carbons (Fsp3) is 0.333. The van der Waals surface area contributed by atoms with E-state index in [1.807, 2.05) is 37.3 Å². The maximum atomic E-state index is 13.7. The van der Waals surface area contributed by atoms with E-state index in [1.54, 1.807) is 18.2 Å². The van der Waals surface area contributed by atoms with E-state index in [0.29, 0.717) is 23.7 Å². The van der Waals surface area contributed by atoms with Gasteiger partial charge < -0.3 is 20.1 Å². The number of amides is 1. The normalized spacial score (nSPS) is 14.6. The molecule has 1 fully saturated rings. The van der Waals surface area contributed by atoms with Crippen molar-refractivity contribution in [1.29, 1.82) is 0 Å². The van der Waals surface area contributed by atoms with Gasteiger partial charge in [0.15, 0.2) is 5.76 Å². The molecule has 7 heteroatoms. The van der Waals surface area contributed by atoms with Crippen LogP contribution in [-0.4, -0.2) is 30.2 Å². The van der Waals surface area contributed by atoms with Gasteiger partial charge in [-0.3, -0.25) is 4.79 Å². The van der Waals surface area contributed by atoms with Gasteiger partial charge in [-0.2, -0.15) is 0 Å². The fourth-order valence-electron chi connectivity index (χ4n) is 3.83. The van der Waals surface area contributed by atoms with Crippen LogP contribution in [0, 0.1) is 12.7 Å². The molecule has 0 spiro atoms. The van der Waals surface area contributed by atoms with Crippen LogP contribution in [0.3, 0.4) is 0 Å². The van der Waals surface area contributed by atoms with E-state index in [2.05, 4.69) is 20.7 Å². The van der Waals surface area contributed by atoms with E-state index >= 15 is 0 Å². The molecule has 0 unspecified atom stereocenters. The molecule has 3 aromatic rings. The third-order valence-electron chi connectivity index (χ3n) is 5.63. The number of hydrogen-bond acceptors (Lipinski definition) is 5. The van der Waals surface area contributed by atoms with E-state index in [-0.39, 0.29) is 18.3 Å². The van der Waals surface area contributed by atoms with Crippen LogP contribution >= 0.6 is 0 Å². The lowest BCUT2D eigenvalue weighted by Gasteiger charge is -2.34. The van der Waals surface area contributed by atoms with Crippen molar-refractivity contribution < 1.29 is 13.7 Å². The van der Waals surface area contributed by atoms with Gasteiger partial charge >= 0.3 is 0 Å². The first-order valence-electron chi connectivity index (χ1n) is 10.6. The SMILES string of the molecule is Cc1cc(CNC2CCN(c3ccc(C(=O)NCc4ccccc4F)cc3)CC2)on1. The highest BCUT2D eigenvalue weighted by molar-refractivity contribution is 5.94. The Hall–Kier alpha value is -3.19. The first-order valence-corrected chi connectivity index (χ1v) is 10.6. The van der Waals surface area contributed by atoms with Crippen LogP contribution < -0.4 is 15.5 Å². The highest BCUT2D eigenvalue weighted by Gasteiger charge is 2.20. The molecular weight excluding hydrogens is 395 g/mol. The molecule has 1 amide bonds. The van der Waals surface area contributed by atoms with Gasteiger partial charge in [-0.25, -0.2) is 4.39 Å². The maximum Gasteiger partial charge on any atom is 0.251 e. The largest absolute Gasteiger partial charge is 0.371 e. The average Bonchev–Trinajstić information content (AvgIpc) is 3.22. The van der Waals surface area contributed by atoms with Crippen molar-refractivity contribution in [2.75, 3.05) is 18.0 Å². The van der Waals surface area contributed by atoms with Crippen molar-refractivity contribution in [2.45, 2.75) is 38.9 Å². The van der Waals surface area contributed by atoms with E-state index < -0.39 is 0 Å². The predicted molar refractivity (Wildman–Crippen MR) is 117 cm³/mol. The van der Waals surface area contributed by atoms with Gasteiger partial charge in [0.25, 0.3) is 5.91 Å². The number of nitrogens with zero attached hydrogens (tertiary/aromatic N) is 2. The molecule has 162 valence electrons. The summed E-state index contributed by atoms with van der Waals surface area (Å²) >= 11 is 0. The zero-order chi connectivity index (χ0) is 21.6. The van der Waals surface area contributed by atoms with Gasteiger partial charge in [0.2, 0.25) is 0 Å². The summed E-state index contributed by atoms with van der Waals surface area (Å²) < 4.78 is 18.9. The standard InChI is InChI=1S/C24H27FN4O2/c1-17-14-22(31-28-17)16-26-20-10-12-29(13-11-20)21-8-6-18(7-9-21)24(30)27-15-19-4-2-3-5-23(19)25/h2-9,14,20,26H,10-13,15-16H2,1H3,(H,27,30). The summed E-state index contributed by atoms with van der Waals surface area (Å²) in [6.07, 6.45) is 2.08. The minimum atomic E-state index is -0.313. The van der Waals surface area contributed by atoms with Crippen LogP contribution in [0.25, 0.3) is 0 Å². The van der Waals surface area contributed by atoms with Crippen molar-refractivity contribution >= 4 is 11.6 Å². The summed E-state index contributed by atoms with van der Waals surface area (Å²) in [5, 5.41) is 10.2. The molecule has 0 radical (unpaired) electrons. The Bertz CT molecular complexity index is 1010. The quantitative estimate of drug-likeness (QED) is 0.606. The van der Waals surface area contributed by atoms with Crippen LogP contribution in [0.5, 0.6) is 0 Å². The molecule has 1 aliphatic heterocycles. The molecule has 0 saturated carbocycles. The number of aromatic nitrogens is 1. The van der Waals surface area contributed by atoms with Crippen molar-refractivity contribution in [3.05, 3.63) is 83.0 Å². The van der Waals surface area contributed by atoms with Gasteiger partial charge in [-0.1, -0.05) is 23.4 Å². The van der Waals surface area contributed by atoms with Crippen LogP contribution in [-0.2, 0) is 13.1 Å². The van der Waals surface area contributed by atoms with Crippen LogP contribution in [0.2, 0.25) is 0 Å². The molecule has 0 aliphatic carbocycles. The molecule has 6 nitrogen and oxygen atoms in total. The Labute approximate surface area is 181 Å². The Morgan fingerprint density at radius 2 is 1.87 bits per heavy atom. The highest BCUT2D eigenvalue weighted by atomic mass is 19.1. The lowest BCUT2D eigenvalue weighted by atomic mass is 10.0. The zero-order valence-corrected chi connectivity index (χ0v) is 17.6. The summed E-state index contributed by atoms with van der Waals surface area (Å²) in [4.78, 5) is 14.7. The summed E-state index contributed by atoms with van der Waals surface area (Å²) in [6, 6.07) is 16.5. The van der Waals surface area contributed by atoms with Crippen molar-refractivity contribution in [3.8, 4) is 0 Å². The van der Waals surface area contributed by atoms with Gasteiger partial charge in [-0.05, 0) is 50.1 Å². The Morgan fingerprint density at radius 3 is 2.55 bits per heavy atom. The number of halogens is 1. The Kier molecular flexibility index (Phi) is 6.62. The number of nitrogens with one attached hydrogen (secondary N) is 2. The maximum absolute atomic E-state index is 13.7. The molecule has 2 heterocycles. The minimum absolute atomic E-state index is 0.168. The Morgan fingerprint density at radius 1 is 1.13 bits per heavy atom. The van der Waals surface area contributed by atoms with Gasteiger partial charge in [0, 0.05) is 48.6 Å². The third kappa shape index (κ3) is 5.49. The zero-order valence-electron chi connectivity index (χ0n) is 17.6. The number of benzene rings is 2. The molecule has 1 aromatic heterocycles. The number of carbonyl (C=O) groups is 1. The van der Waals surface area contributed by atoms with Gasteiger partial charge in [0.1, 0.15) is 5.82 Å². The monoisotopic (exact) mass is 422 g/mol. The third-order valence-corrected chi connectivity index (χ3v) is 5.63. The van der Waals surface area contributed by atoms with Gasteiger partial charge in [0.05, 0.1) is 12.2 Å². The first kappa shape index (κ1) is 21.1. The molecule has 1 aliphatic rings. The van der Waals surface area contributed by atoms with Crippen LogP contribution in [0.4, 0.5) is 10.1 Å². The molecule has 31 heavy (non-hydrogen) atoms. The van der Waals surface area contributed by atoms with E-state index in [1.165, 1.54) is 6.07 Å². The molecule has 0 atom stereocenters. The summed E-state index contributed by atoms with van der Waals surface area (Å²) in [6.45, 7) is 4.69. The lowest BCUT2D eigenvalue weighted by Crippen LogP contribution is -2.42. The molecule has 4 rings (SSSR count). The second kappa shape index (κ2) is 9.75. The molecule has 2 N–H and O–H groups in total. The minimum Gasteiger partial charge on any atom is -0.371 e. The predicted octanol–water partition coefficient (Wildman–Crippen LogP) is 3.81. The number of rotatable bonds is 7. The molecule has 1 saturated heterocycles. The summed E-state index contributed by atoms with van der Waals surface area (Å²) in [5.74, 6) is 0.344. The van der Waals surface area contributed by atoms with Crippen molar-refractivity contribution in [3.63, 3.8) is 0 Å². The smallest absolute Gasteiger partial charge is 0.251 e. The second-order valence-corrected chi connectivity index (χ2v) is 7.90. The van der Waals surface area contributed by atoms with Gasteiger partial charge in [-0.15, -0.1) is 0 Å². The highest BCUT2D eigenvalue weighted by Crippen LogP contribution is 2.21. The number of hydrogen-bond donors (Lipinski definition) is 2. The fourth-order valence-corrected chi connectivity index (χ4v) is 3.83. The van der Waals surface area contributed by atoms with E-state index in [0.717, 1.165) is 43.1 Å². The van der Waals surface area contributed by atoms with E-state index in [9.17, 15) is 9.18 Å². The van der Waals surface area contributed by atoms with Crippen molar-refractivity contribution in [1.82, 2.24) is 15.8 Å². The van der Waals surface area contributed by atoms with E-state index in [4.69, 9.17) is 4.52 Å². The average molecular weight is 423 g/mol. The summed E-state index contributed by atoms with van der Waals surface area (Å²) in [5.41, 5.74) is 3.05. The Balaban J connectivity index is 1.24. The molecule has 0 bridgehead atoms. The van der Waals surface area contributed by atoms with Crippen LogP contribution in [0.1, 0.15) is 40.2 Å². The number of aryl methyl sites for hydroxylation is 1. The lowest BCUT2D eigenvalue weighted by molar-refractivity contribution is 0.0950. The summed E-state index contributed by atoms with van der Waals surface area (Å²) in [7, 11) is 0. The number of piperidine rings is 1. The number of carbonyl (C=O) groups excluding carboxylic acids is 1. The topological polar surface area (TPSA) is 70.4 Å². The molecular formula is C24H27FN4O2. The number of anilines is 1. The first-order chi connectivity index (χ1) is 15.1. The second-order valence-electron chi connectivity index (χ2n) is 7.90.